The average Bonchev–Trinajstić information content (AvgIpc) is 3.10. The van der Waals surface area contributed by atoms with Crippen molar-refractivity contribution in [2.75, 3.05) is 0 Å². The Morgan fingerprint density at radius 3 is 2.62 bits per heavy atom. The quantitative estimate of drug-likeness (QED) is 0.720. The minimum absolute atomic E-state index is 0.166. The van der Waals surface area contributed by atoms with E-state index in [0.29, 0.717) is 11.7 Å². The van der Waals surface area contributed by atoms with Crippen LogP contribution in [0.1, 0.15) is 18.4 Å². The van der Waals surface area contributed by atoms with Crippen LogP contribution in [0, 0.1) is 0 Å². The highest BCUT2D eigenvalue weighted by molar-refractivity contribution is 5.54. The second kappa shape index (κ2) is 5.35. The van der Waals surface area contributed by atoms with Crippen molar-refractivity contribution in [1.82, 2.24) is 24.5 Å². The van der Waals surface area contributed by atoms with E-state index in [2.05, 4.69) is 22.2 Å². The lowest BCUT2D eigenvalue weighted by Crippen LogP contribution is -2.23. The van der Waals surface area contributed by atoms with Crippen molar-refractivity contribution in [1.29, 1.82) is 0 Å². The molecule has 0 N–H and O–H groups in total. The largest absolute Gasteiger partial charge is 0.345 e. The van der Waals surface area contributed by atoms with E-state index in [-0.39, 0.29) is 12.2 Å². The molecule has 0 aliphatic carbocycles. The van der Waals surface area contributed by atoms with E-state index in [9.17, 15) is 4.79 Å². The third kappa shape index (κ3) is 2.62. The summed E-state index contributed by atoms with van der Waals surface area (Å²) in [7, 11) is 1.64. The Kier molecular flexibility index (Phi) is 3.39. The van der Waals surface area contributed by atoms with Gasteiger partial charge in [-0.2, -0.15) is 10.1 Å². The third-order valence-electron chi connectivity index (χ3n) is 3.26. The van der Waals surface area contributed by atoms with E-state index >= 15 is 0 Å². The van der Waals surface area contributed by atoms with E-state index in [1.54, 1.807) is 7.05 Å². The summed E-state index contributed by atoms with van der Waals surface area (Å²) in [5, 5.41) is 7.89. The highest BCUT2D eigenvalue weighted by Gasteiger charge is 2.11. The van der Waals surface area contributed by atoms with E-state index in [0.717, 1.165) is 12.0 Å². The first kappa shape index (κ1) is 13.3. The molecule has 3 rings (SSSR count). The Labute approximate surface area is 120 Å². The first-order valence-electron chi connectivity index (χ1n) is 6.67. The van der Waals surface area contributed by atoms with Gasteiger partial charge in [0.1, 0.15) is 12.9 Å². The maximum absolute atomic E-state index is 11.7. The van der Waals surface area contributed by atoms with Gasteiger partial charge in [-0.3, -0.25) is 4.57 Å². The van der Waals surface area contributed by atoms with Gasteiger partial charge >= 0.3 is 5.69 Å². The van der Waals surface area contributed by atoms with E-state index in [4.69, 9.17) is 4.52 Å². The molecule has 0 saturated carbocycles. The molecule has 2 aromatic heterocycles. The van der Waals surface area contributed by atoms with Crippen LogP contribution in [0.5, 0.6) is 0 Å². The fourth-order valence-corrected chi connectivity index (χ4v) is 1.98. The van der Waals surface area contributed by atoms with Crippen LogP contribution in [0.2, 0.25) is 0 Å². The van der Waals surface area contributed by atoms with Crippen LogP contribution < -0.4 is 5.69 Å². The van der Waals surface area contributed by atoms with Gasteiger partial charge < -0.3 is 4.52 Å². The molecule has 0 aliphatic heterocycles. The molecule has 1 aromatic carbocycles. The van der Waals surface area contributed by atoms with Gasteiger partial charge in [0.2, 0.25) is 11.7 Å². The zero-order valence-corrected chi connectivity index (χ0v) is 11.9. The van der Waals surface area contributed by atoms with Crippen LogP contribution in [0.3, 0.4) is 0 Å². The van der Waals surface area contributed by atoms with Crippen molar-refractivity contribution >= 4 is 0 Å². The summed E-state index contributed by atoms with van der Waals surface area (Å²) in [6.45, 7) is 2.27. The van der Waals surface area contributed by atoms with Gasteiger partial charge in [0.25, 0.3) is 0 Å². The lowest BCUT2D eigenvalue weighted by atomic mass is 10.1. The molecule has 7 heteroatoms. The lowest BCUT2D eigenvalue weighted by molar-refractivity contribution is 0.364. The predicted molar refractivity (Wildman–Crippen MR) is 75.7 cm³/mol. The third-order valence-corrected chi connectivity index (χ3v) is 3.26. The molecule has 0 bridgehead atoms. The molecule has 0 radical (unpaired) electrons. The van der Waals surface area contributed by atoms with Crippen molar-refractivity contribution in [2.24, 2.45) is 7.05 Å². The van der Waals surface area contributed by atoms with E-state index < -0.39 is 0 Å². The van der Waals surface area contributed by atoms with Gasteiger partial charge in [0.15, 0.2) is 0 Å². The summed E-state index contributed by atoms with van der Waals surface area (Å²) in [5.74, 6) is 0.863. The molecule has 3 aromatic rings. The summed E-state index contributed by atoms with van der Waals surface area (Å²) in [5.41, 5.74) is 1.92. The number of nitrogens with zero attached hydrogens (tertiary/aromatic N) is 5. The minimum atomic E-state index is -0.220. The molecule has 0 saturated heterocycles. The monoisotopic (exact) mass is 285 g/mol. The Morgan fingerprint density at radius 1 is 1.24 bits per heavy atom. The molecule has 0 unspecified atom stereocenters. The maximum Gasteiger partial charge on any atom is 0.345 e. The number of rotatable bonds is 4. The summed E-state index contributed by atoms with van der Waals surface area (Å²) >= 11 is 0. The van der Waals surface area contributed by atoms with Crippen LogP contribution in [-0.2, 0) is 20.0 Å². The first-order chi connectivity index (χ1) is 10.2. The lowest BCUT2D eigenvalue weighted by Gasteiger charge is -1.97. The van der Waals surface area contributed by atoms with Crippen LogP contribution in [0.15, 0.2) is 39.9 Å². The fourth-order valence-electron chi connectivity index (χ4n) is 1.98. The van der Waals surface area contributed by atoms with Crippen LogP contribution in [0.25, 0.3) is 11.4 Å². The molecule has 0 fully saturated rings. The van der Waals surface area contributed by atoms with Crippen molar-refractivity contribution in [3.8, 4) is 11.4 Å². The Morgan fingerprint density at radius 2 is 2.00 bits per heavy atom. The van der Waals surface area contributed by atoms with Gasteiger partial charge in [-0.15, -0.1) is 0 Å². The standard InChI is InChI=1S/C14H15N5O2/c1-3-10-4-6-11(7-5-10)13-16-12(21-17-13)8-19-14(20)18(2)9-15-19/h4-7,9H,3,8H2,1-2H3. The SMILES string of the molecule is CCc1ccc(-c2noc(Cn3ncn(C)c3=O)n2)cc1. The second-order valence-electron chi connectivity index (χ2n) is 4.74. The number of aromatic nitrogens is 5. The smallest absolute Gasteiger partial charge is 0.337 e. The average molecular weight is 285 g/mol. The highest BCUT2D eigenvalue weighted by Crippen LogP contribution is 2.16. The van der Waals surface area contributed by atoms with Crippen molar-refractivity contribution in [3.63, 3.8) is 0 Å². The second-order valence-corrected chi connectivity index (χ2v) is 4.74. The van der Waals surface area contributed by atoms with Crippen molar-refractivity contribution in [3.05, 3.63) is 52.5 Å². The number of aryl methyl sites for hydroxylation is 2. The van der Waals surface area contributed by atoms with Crippen molar-refractivity contribution < 1.29 is 4.52 Å². The zero-order chi connectivity index (χ0) is 14.8. The number of hydrogen-bond acceptors (Lipinski definition) is 5. The van der Waals surface area contributed by atoms with Crippen LogP contribution >= 0.6 is 0 Å². The molecule has 0 amide bonds. The summed E-state index contributed by atoms with van der Waals surface area (Å²) in [4.78, 5) is 16.0. The molecular weight excluding hydrogens is 270 g/mol. The highest BCUT2D eigenvalue weighted by atomic mass is 16.5. The summed E-state index contributed by atoms with van der Waals surface area (Å²) < 4.78 is 7.84. The number of benzene rings is 1. The van der Waals surface area contributed by atoms with Crippen molar-refractivity contribution in [2.45, 2.75) is 19.9 Å². The Balaban J connectivity index is 1.82. The Bertz CT molecular complexity index is 797. The van der Waals surface area contributed by atoms with E-state index in [1.807, 2.05) is 24.3 Å². The minimum Gasteiger partial charge on any atom is -0.337 e. The van der Waals surface area contributed by atoms with Crippen LogP contribution in [0.4, 0.5) is 0 Å². The van der Waals surface area contributed by atoms with Gasteiger partial charge in [-0.05, 0) is 12.0 Å². The summed E-state index contributed by atoms with van der Waals surface area (Å²) in [6.07, 6.45) is 2.43. The number of hydrogen-bond donors (Lipinski definition) is 0. The van der Waals surface area contributed by atoms with Gasteiger partial charge in [0, 0.05) is 12.6 Å². The van der Waals surface area contributed by atoms with Gasteiger partial charge in [-0.1, -0.05) is 36.3 Å². The topological polar surface area (TPSA) is 78.7 Å². The Hall–Kier alpha value is -2.70. The molecule has 0 aliphatic rings. The van der Waals surface area contributed by atoms with Crippen LogP contribution in [-0.4, -0.2) is 24.5 Å². The van der Waals surface area contributed by atoms with Gasteiger partial charge in [-0.25, -0.2) is 9.48 Å². The first-order valence-corrected chi connectivity index (χ1v) is 6.67. The molecule has 2 heterocycles. The zero-order valence-electron chi connectivity index (χ0n) is 11.9. The molecule has 108 valence electrons. The molecule has 0 spiro atoms. The molecule has 21 heavy (non-hydrogen) atoms. The fraction of sp³-hybridized carbons (Fsp3) is 0.286. The van der Waals surface area contributed by atoms with E-state index in [1.165, 1.54) is 21.1 Å². The molecule has 7 nitrogen and oxygen atoms in total. The maximum atomic E-state index is 11.7. The molecule has 0 atom stereocenters. The summed E-state index contributed by atoms with van der Waals surface area (Å²) in [6, 6.07) is 7.99. The van der Waals surface area contributed by atoms with Gasteiger partial charge in [0.05, 0.1) is 0 Å². The normalized spacial score (nSPS) is 11.0. The predicted octanol–water partition coefficient (Wildman–Crippen LogP) is 1.24. The molecular formula is C14H15N5O2.